The van der Waals surface area contributed by atoms with Gasteiger partial charge in [0, 0.05) is 5.56 Å². The van der Waals surface area contributed by atoms with Crippen LogP contribution >= 0.6 is 11.3 Å². The lowest BCUT2D eigenvalue weighted by atomic mass is 10.1. The van der Waals surface area contributed by atoms with E-state index in [4.69, 9.17) is 4.74 Å². The molecule has 6 nitrogen and oxygen atoms in total. The molecule has 0 aliphatic carbocycles. The number of imidazole rings is 1. The number of ether oxygens (including phenoxy) is 2. The highest BCUT2D eigenvalue weighted by atomic mass is 32.1. The number of carbonyl (C=O) groups excluding carboxylic acids is 2. The summed E-state index contributed by atoms with van der Waals surface area (Å²) in [6, 6.07) is 8.68. The summed E-state index contributed by atoms with van der Waals surface area (Å²) < 4.78 is 9.20. The molecule has 1 N–H and O–H groups in total. The molecule has 0 unspecified atom stereocenters. The van der Waals surface area contributed by atoms with Crippen LogP contribution in [0.2, 0.25) is 0 Å². The zero-order valence-corrected chi connectivity index (χ0v) is 11.8. The molecule has 3 aromatic rings. The Bertz CT molecular complexity index is 808. The van der Waals surface area contributed by atoms with E-state index >= 15 is 0 Å². The Morgan fingerprint density at radius 3 is 2.86 bits per heavy atom. The molecular formula is C14H10N2O4S. The molecule has 1 aromatic carbocycles. The van der Waals surface area contributed by atoms with Gasteiger partial charge >= 0.3 is 12.2 Å². The first-order valence-electron chi connectivity index (χ1n) is 6.01. The fourth-order valence-electron chi connectivity index (χ4n) is 1.85. The van der Waals surface area contributed by atoms with E-state index in [0.717, 1.165) is 0 Å². The Morgan fingerprint density at radius 2 is 2.14 bits per heavy atom. The van der Waals surface area contributed by atoms with E-state index in [1.54, 1.807) is 24.3 Å². The van der Waals surface area contributed by atoms with Crippen molar-refractivity contribution in [2.75, 3.05) is 7.11 Å². The molecule has 0 aliphatic rings. The maximum Gasteiger partial charge on any atom is 0.516 e. The van der Waals surface area contributed by atoms with Gasteiger partial charge in [0.25, 0.3) is 0 Å². The predicted octanol–water partition coefficient (Wildman–Crippen LogP) is 3.00. The number of benzene rings is 1. The number of carbonyl (C=O) groups is 2. The number of H-pyrrole nitrogens is 1. The number of rotatable bonds is 3. The molecule has 0 radical (unpaired) electrons. The van der Waals surface area contributed by atoms with Crippen LogP contribution in [-0.4, -0.2) is 29.0 Å². The van der Waals surface area contributed by atoms with Gasteiger partial charge in [-0.1, -0.05) is 6.07 Å². The van der Waals surface area contributed by atoms with Crippen LogP contribution < -0.4 is 4.74 Å². The number of hydrogen-bond acceptors (Lipinski definition) is 6. The van der Waals surface area contributed by atoms with Crippen LogP contribution in [-0.2, 0) is 4.74 Å². The maximum absolute atomic E-state index is 12.3. The first kappa shape index (κ1) is 13.3. The smallest absolute Gasteiger partial charge is 0.437 e. The van der Waals surface area contributed by atoms with Crippen molar-refractivity contribution in [1.82, 2.24) is 9.97 Å². The van der Waals surface area contributed by atoms with E-state index in [0.29, 0.717) is 21.5 Å². The second-order valence-electron chi connectivity index (χ2n) is 4.14. The molecule has 21 heavy (non-hydrogen) atoms. The first-order valence-corrected chi connectivity index (χ1v) is 6.89. The van der Waals surface area contributed by atoms with Gasteiger partial charge in [-0.05, 0) is 29.6 Å². The normalized spacial score (nSPS) is 10.5. The Labute approximate surface area is 123 Å². The molecule has 3 rings (SSSR count). The average Bonchev–Trinajstić information content (AvgIpc) is 3.14. The van der Waals surface area contributed by atoms with Crippen LogP contribution in [0.15, 0.2) is 35.7 Å². The molecule has 7 heteroatoms. The third kappa shape index (κ3) is 2.63. The van der Waals surface area contributed by atoms with Gasteiger partial charge in [0.1, 0.15) is 0 Å². The van der Waals surface area contributed by atoms with Crippen molar-refractivity contribution >= 4 is 34.3 Å². The van der Waals surface area contributed by atoms with Gasteiger partial charge in [-0.2, -0.15) is 4.98 Å². The highest BCUT2D eigenvalue weighted by Crippen LogP contribution is 2.21. The molecule has 2 aromatic heterocycles. The lowest BCUT2D eigenvalue weighted by Crippen LogP contribution is -2.08. The van der Waals surface area contributed by atoms with E-state index in [2.05, 4.69) is 14.7 Å². The molecule has 0 saturated heterocycles. The van der Waals surface area contributed by atoms with Crippen LogP contribution in [0.1, 0.15) is 15.2 Å². The second-order valence-corrected chi connectivity index (χ2v) is 5.08. The van der Waals surface area contributed by atoms with Crippen molar-refractivity contribution in [3.63, 3.8) is 0 Å². The number of aromatic nitrogens is 2. The molecule has 0 aliphatic heterocycles. The van der Waals surface area contributed by atoms with Crippen molar-refractivity contribution in [1.29, 1.82) is 0 Å². The summed E-state index contributed by atoms with van der Waals surface area (Å²) in [4.78, 5) is 30.8. The fourth-order valence-corrected chi connectivity index (χ4v) is 2.53. The Kier molecular flexibility index (Phi) is 3.41. The predicted molar refractivity (Wildman–Crippen MR) is 76.9 cm³/mol. The summed E-state index contributed by atoms with van der Waals surface area (Å²) in [7, 11) is 1.21. The molecule has 0 bridgehead atoms. The maximum atomic E-state index is 12.3. The fraction of sp³-hybridized carbons (Fsp3) is 0.0714. The van der Waals surface area contributed by atoms with Gasteiger partial charge in [0.15, 0.2) is 0 Å². The van der Waals surface area contributed by atoms with Gasteiger partial charge in [-0.3, -0.25) is 4.79 Å². The summed E-state index contributed by atoms with van der Waals surface area (Å²) in [5.74, 6) is -0.0584. The lowest BCUT2D eigenvalue weighted by molar-refractivity contribution is 0.104. The highest BCUT2D eigenvalue weighted by Gasteiger charge is 2.13. The molecule has 0 saturated carbocycles. The van der Waals surface area contributed by atoms with Crippen molar-refractivity contribution in [3.05, 3.63) is 46.2 Å². The van der Waals surface area contributed by atoms with Crippen LogP contribution in [0.3, 0.4) is 0 Å². The summed E-state index contributed by atoms with van der Waals surface area (Å²) >= 11 is 1.39. The number of methoxy groups -OCH3 is 1. The third-order valence-electron chi connectivity index (χ3n) is 2.81. The topological polar surface area (TPSA) is 81.3 Å². The number of fused-ring (bicyclic) bond motifs is 1. The van der Waals surface area contributed by atoms with Crippen molar-refractivity contribution in [2.45, 2.75) is 0 Å². The number of nitrogens with one attached hydrogen (secondary N) is 1. The van der Waals surface area contributed by atoms with E-state index < -0.39 is 6.16 Å². The zero-order valence-electron chi connectivity index (χ0n) is 11.0. The summed E-state index contributed by atoms with van der Waals surface area (Å²) in [6.07, 6.45) is -0.857. The van der Waals surface area contributed by atoms with Crippen molar-refractivity contribution < 1.29 is 19.1 Å². The Hall–Kier alpha value is -2.67. The number of nitrogens with zero attached hydrogens (tertiary/aromatic N) is 1. The molecule has 0 amide bonds. The van der Waals surface area contributed by atoms with E-state index in [9.17, 15) is 9.59 Å². The lowest BCUT2D eigenvalue weighted by Gasteiger charge is -1.97. The minimum atomic E-state index is -0.857. The van der Waals surface area contributed by atoms with E-state index in [1.165, 1.54) is 18.4 Å². The van der Waals surface area contributed by atoms with Crippen LogP contribution in [0, 0.1) is 0 Å². The van der Waals surface area contributed by atoms with Gasteiger partial charge in [0.2, 0.25) is 5.78 Å². The van der Waals surface area contributed by atoms with Gasteiger partial charge in [-0.15, -0.1) is 11.3 Å². The van der Waals surface area contributed by atoms with E-state index in [1.807, 2.05) is 11.4 Å². The Balaban J connectivity index is 1.93. The summed E-state index contributed by atoms with van der Waals surface area (Å²) in [6.45, 7) is 0. The number of thiophene rings is 1. The monoisotopic (exact) mass is 302 g/mol. The van der Waals surface area contributed by atoms with Crippen LogP contribution in [0.5, 0.6) is 6.01 Å². The van der Waals surface area contributed by atoms with Gasteiger partial charge < -0.3 is 14.5 Å². The minimum absolute atomic E-state index is 0.0255. The average molecular weight is 302 g/mol. The second kappa shape index (κ2) is 5.37. The van der Waals surface area contributed by atoms with Crippen molar-refractivity contribution in [3.8, 4) is 6.01 Å². The molecular weight excluding hydrogens is 292 g/mol. The Morgan fingerprint density at radius 1 is 1.29 bits per heavy atom. The minimum Gasteiger partial charge on any atom is -0.437 e. The van der Waals surface area contributed by atoms with E-state index in [-0.39, 0.29) is 11.8 Å². The summed E-state index contributed by atoms with van der Waals surface area (Å²) in [5.41, 5.74) is 1.74. The molecule has 0 atom stereocenters. The molecule has 0 fully saturated rings. The number of ketones is 1. The highest BCUT2D eigenvalue weighted by molar-refractivity contribution is 7.12. The van der Waals surface area contributed by atoms with Crippen LogP contribution in [0.25, 0.3) is 11.0 Å². The molecule has 2 heterocycles. The summed E-state index contributed by atoms with van der Waals surface area (Å²) in [5, 5.41) is 1.85. The van der Waals surface area contributed by atoms with Crippen LogP contribution in [0.4, 0.5) is 4.79 Å². The number of aromatic amines is 1. The molecule has 106 valence electrons. The third-order valence-corrected chi connectivity index (χ3v) is 3.68. The van der Waals surface area contributed by atoms with Crippen molar-refractivity contribution in [2.24, 2.45) is 0 Å². The first-order chi connectivity index (χ1) is 10.2. The standard InChI is InChI=1S/C14H10N2O4S/c1-19-14(18)20-13-15-9-5-4-8(7-10(9)16-13)12(17)11-3-2-6-21-11/h2-7H,1H3,(H,15,16). The SMILES string of the molecule is COC(=O)Oc1nc2ccc(C(=O)c3cccs3)cc2[nH]1. The largest absolute Gasteiger partial charge is 0.516 e. The van der Waals surface area contributed by atoms with Gasteiger partial charge in [0.05, 0.1) is 23.0 Å². The van der Waals surface area contributed by atoms with Gasteiger partial charge in [-0.25, -0.2) is 4.79 Å². The zero-order chi connectivity index (χ0) is 14.8. The quantitative estimate of drug-likeness (QED) is 0.594. The number of hydrogen-bond donors (Lipinski definition) is 1. The molecule has 0 spiro atoms.